The molecule has 0 aromatic heterocycles. The van der Waals surface area contributed by atoms with Crippen molar-refractivity contribution in [3.63, 3.8) is 0 Å². The lowest BCUT2D eigenvalue weighted by Gasteiger charge is -2.32. The normalized spacial score (nSPS) is 17.6. The van der Waals surface area contributed by atoms with Crippen LogP contribution in [0.1, 0.15) is 44.9 Å². The van der Waals surface area contributed by atoms with Gasteiger partial charge in [0, 0.05) is 19.6 Å². The molecule has 1 rings (SSSR count). The van der Waals surface area contributed by atoms with Crippen LogP contribution in [-0.2, 0) is 14.3 Å². The SMILES string of the molecule is O=C(CC1(C(=O)O)CCCCC1)NCCCOCCO. The van der Waals surface area contributed by atoms with E-state index in [1.807, 2.05) is 0 Å². The minimum atomic E-state index is -0.865. The highest BCUT2D eigenvalue weighted by Gasteiger charge is 2.41. The minimum absolute atomic E-state index is 0.00646. The van der Waals surface area contributed by atoms with Gasteiger partial charge in [0.25, 0.3) is 0 Å². The molecule has 3 N–H and O–H groups in total. The van der Waals surface area contributed by atoms with Crippen molar-refractivity contribution >= 4 is 11.9 Å². The Kier molecular flexibility index (Phi) is 7.54. The summed E-state index contributed by atoms with van der Waals surface area (Å²) in [5.74, 6) is -1.05. The van der Waals surface area contributed by atoms with Crippen LogP contribution >= 0.6 is 0 Å². The molecule has 0 aromatic carbocycles. The molecule has 116 valence electrons. The van der Waals surface area contributed by atoms with E-state index in [2.05, 4.69) is 5.32 Å². The maximum absolute atomic E-state index is 11.9. The summed E-state index contributed by atoms with van der Waals surface area (Å²) in [6.45, 7) is 1.24. The first-order valence-electron chi connectivity index (χ1n) is 7.29. The number of rotatable bonds is 9. The van der Waals surface area contributed by atoms with Gasteiger partial charge in [-0.25, -0.2) is 0 Å². The number of hydrogen-bond acceptors (Lipinski definition) is 4. The fourth-order valence-electron chi connectivity index (χ4n) is 2.63. The Morgan fingerprint density at radius 1 is 1.15 bits per heavy atom. The predicted molar refractivity (Wildman–Crippen MR) is 73.3 cm³/mol. The molecule has 0 saturated heterocycles. The Labute approximate surface area is 119 Å². The molecular weight excluding hydrogens is 262 g/mol. The third kappa shape index (κ3) is 5.46. The third-order valence-corrected chi connectivity index (χ3v) is 3.79. The van der Waals surface area contributed by atoms with Crippen molar-refractivity contribution in [2.24, 2.45) is 5.41 Å². The summed E-state index contributed by atoms with van der Waals surface area (Å²) in [7, 11) is 0. The zero-order valence-corrected chi connectivity index (χ0v) is 11.9. The van der Waals surface area contributed by atoms with Gasteiger partial charge < -0.3 is 20.3 Å². The molecule has 0 atom stereocenters. The van der Waals surface area contributed by atoms with E-state index < -0.39 is 11.4 Å². The fourth-order valence-corrected chi connectivity index (χ4v) is 2.63. The second kappa shape index (κ2) is 8.92. The molecule has 0 spiro atoms. The van der Waals surface area contributed by atoms with E-state index >= 15 is 0 Å². The van der Waals surface area contributed by atoms with Crippen molar-refractivity contribution in [1.82, 2.24) is 5.32 Å². The second-order valence-corrected chi connectivity index (χ2v) is 5.36. The molecule has 1 aliphatic carbocycles. The Bertz CT molecular complexity index is 313. The zero-order chi connectivity index (χ0) is 14.8. The Morgan fingerprint density at radius 3 is 2.45 bits per heavy atom. The highest BCUT2D eigenvalue weighted by atomic mass is 16.5. The molecule has 20 heavy (non-hydrogen) atoms. The lowest BCUT2D eigenvalue weighted by molar-refractivity contribution is -0.154. The van der Waals surface area contributed by atoms with Crippen LogP contribution in [0.15, 0.2) is 0 Å². The van der Waals surface area contributed by atoms with Crippen molar-refractivity contribution in [3.8, 4) is 0 Å². The van der Waals surface area contributed by atoms with Crippen molar-refractivity contribution < 1.29 is 24.5 Å². The maximum Gasteiger partial charge on any atom is 0.310 e. The van der Waals surface area contributed by atoms with Crippen molar-refractivity contribution in [3.05, 3.63) is 0 Å². The number of carboxylic acid groups (broad SMARTS) is 1. The molecule has 1 amide bonds. The van der Waals surface area contributed by atoms with E-state index in [0.717, 1.165) is 19.3 Å². The van der Waals surface area contributed by atoms with E-state index in [9.17, 15) is 14.7 Å². The first-order chi connectivity index (χ1) is 9.60. The first kappa shape index (κ1) is 16.9. The van der Waals surface area contributed by atoms with Crippen LogP contribution in [0.3, 0.4) is 0 Å². The maximum atomic E-state index is 11.9. The predicted octanol–water partition coefficient (Wildman–Crippen LogP) is 0.927. The van der Waals surface area contributed by atoms with Crippen LogP contribution in [-0.4, -0.2) is 48.5 Å². The van der Waals surface area contributed by atoms with Crippen LogP contribution in [0.5, 0.6) is 0 Å². The van der Waals surface area contributed by atoms with Gasteiger partial charge in [-0.1, -0.05) is 19.3 Å². The number of nitrogens with one attached hydrogen (secondary N) is 1. The van der Waals surface area contributed by atoms with Crippen LogP contribution in [0, 0.1) is 5.41 Å². The van der Waals surface area contributed by atoms with Gasteiger partial charge in [0.1, 0.15) is 0 Å². The van der Waals surface area contributed by atoms with Gasteiger partial charge in [0.2, 0.25) is 5.91 Å². The Morgan fingerprint density at radius 2 is 1.85 bits per heavy atom. The number of amides is 1. The number of aliphatic hydroxyl groups excluding tert-OH is 1. The molecule has 0 aliphatic heterocycles. The van der Waals surface area contributed by atoms with E-state index in [1.54, 1.807) is 0 Å². The molecule has 6 heteroatoms. The molecule has 1 fully saturated rings. The van der Waals surface area contributed by atoms with Crippen LogP contribution < -0.4 is 5.32 Å². The van der Waals surface area contributed by atoms with Crippen LogP contribution in [0.25, 0.3) is 0 Å². The quantitative estimate of drug-likeness (QED) is 0.548. The standard InChI is InChI=1S/C14H25NO5/c16-8-10-20-9-4-7-15-12(17)11-14(13(18)19)5-2-1-3-6-14/h16H,1-11H2,(H,15,17)(H,18,19). The summed E-state index contributed by atoms with van der Waals surface area (Å²) in [5, 5.41) is 20.6. The summed E-state index contributed by atoms with van der Waals surface area (Å²) in [6, 6.07) is 0. The average molecular weight is 287 g/mol. The zero-order valence-electron chi connectivity index (χ0n) is 11.9. The number of carboxylic acids is 1. The molecule has 1 aliphatic rings. The molecule has 0 bridgehead atoms. The van der Waals surface area contributed by atoms with Gasteiger partial charge in [-0.2, -0.15) is 0 Å². The lowest BCUT2D eigenvalue weighted by atomic mass is 9.71. The summed E-state index contributed by atoms with van der Waals surface area (Å²) in [4.78, 5) is 23.3. The van der Waals surface area contributed by atoms with Gasteiger partial charge in [-0.3, -0.25) is 9.59 Å². The molecule has 0 aromatic rings. The molecule has 6 nitrogen and oxygen atoms in total. The monoisotopic (exact) mass is 287 g/mol. The minimum Gasteiger partial charge on any atom is -0.481 e. The van der Waals surface area contributed by atoms with Crippen molar-refractivity contribution in [2.75, 3.05) is 26.4 Å². The summed E-state index contributed by atoms with van der Waals surface area (Å²) in [5.41, 5.74) is -0.865. The van der Waals surface area contributed by atoms with E-state index in [4.69, 9.17) is 9.84 Å². The first-order valence-corrected chi connectivity index (χ1v) is 7.29. The lowest BCUT2D eigenvalue weighted by Crippen LogP contribution is -2.39. The topological polar surface area (TPSA) is 95.9 Å². The number of carbonyl (C=O) groups excluding carboxylic acids is 1. The molecular formula is C14H25NO5. The van der Waals surface area contributed by atoms with Crippen LogP contribution in [0.4, 0.5) is 0 Å². The largest absolute Gasteiger partial charge is 0.481 e. The molecule has 0 unspecified atom stereocenters. The summed E-state index contributed by atoms with van der Waals surface area (Å²) in [6.07, 6.45) is 4.73. The average Bonchev–Trinajstić information content (AvgIpc) is 2.43. The number of hydrogen-bond donors (Lipinski definition) is 3. The van der Waals surface area contributed by atoms with Gasteiger partial charge in [0.15, 0.2) is 0 Å². The smallest absolute Gasteiger partial charge is 0.310 e. The number of carbonyl (C=O) groups is 2. The Hall–Kier alpha value is -1.14. The molecule has 0 heterocycles. The second-order valence-electron chi connectivity index (χ2n) is 5.36. The summed E-state index contributed by atoms with van der Waals surface area (Å²) >= 11 is 0. The van der Waals surface area contributed by atoms with Crippen molar-refractivity contribution in [2.45, 2.75) is 44.9 Å². The third-order valence-electron chi connectivity index (χ3n) is 3.79. The molecule has 1 saturated carbocycles. The highest BCUT2D eigenvalue weighted by Crippen LogP contribution is 2.39. The number of aliphatic hydroxyl groups is 1. The van der Waals surface area contributed by atoms with E-state index in [0.29, 0.717) is 39.0 Å². The fraction of sp³-hybridized carbons (Fsp3) is 0.857. The van der Waals surface area contributed by atoms with Gasteiger partial charge in [0.05, 0.1) is 18.6 Å². The van der Waals surface area contributed by atoms with Gasteiger partial charge in [-0.15, -0.1) is 0 Å². The number of ether oxygens (including phenoxy) is 1. The Balaban J connectivity index is 2.27. The molecule has 0 radical (unpaired) electrons. The number of aliphatic carboxylic acids is 1. The van der Waals surface area contributed by atoms with E-state index in [-0.39, 0.29) is 18.9 Å². The van der Waals surface area contributed by atoms with Crippen molar-refractivity contribution in [1.29, 1.82) is 0 Å². The van der Waals surface area contributed by atoms with Gasteiger partial charge >= 0.3 is 5.97 Å². The summed E-state index contributed by atoms with van der Waals surface area (Å²) < 4.78 is 5.08. The van der Waals surface area contributed by atoms with Gasteiger partial charge in [-0.05, 0) is 19.3 Å². The van der Waals surface area contributed by atoms with E-state index in [1.165, 1.54) is 0 Å². The van der Waals surface area contributed by atoms with Crippen LogP contribution in [0.2, 0.25) is 0 Å². The highest BCUT2D eigenvalue weighted by molar-refractivity contribution is 5.85.